The van der Waals surface area contributed by atoms with Crippen molar-refractivity contribution >= 4 is 55.7 Å². The number of carbonyl (C=O) groups is 5. The number of carbonyl (C=O) groups excluding carboxylic acids is 5. The third kappa shape index (κ3) is 27.8. The molecule has 0 aromatic rings. The van der Waals surface area contributed by atoms with Gasteiger partial charge in [0.1, 0.15) is 29.1 Å². The summed E-state index contributed by atoms with van der Waals surface area (Å²) in [6.07, 6.45) is 4.99. The molecule has 3 radical (unpaired) electrons. The van der Waals surface area contributed by atoms with Crippen molar-refractivity contribution in [1.29, 1.82) is 5.26 Å². The number of rotatable bonds is 42. The number of methoxy groups -OCH3 is 2. The van der Waals surface area contributed by atoms with Crippen LogP contribution in [0.2, 0.25) is 0 Å². The van der Waals surface area contributed by atoms with Crippen molar-refractivity contribution in [2.45, 2.75) is 345 Å². The van der Waals surface area contributed by atoms with E-state index in [2.05, 4.69) is 37.2 Å². The minimum atomic E-state index is -1.20. The van der Waals surface area contributed by atoms with E-state index in [1.54, 1.807) is 72.5 Å². The second-order valence-electron chi connectivity index (χ2n) is 35.2. The molecule has 8 rings (SSSR count). The van der Waals surface area contributed by atoms with E-state index in [1.165, 1.54) is 0 Å². The summed E-state index contributed by atoms with van der Waals surface area (Å²) in [5.41, 5.74) is 19.1. The van der Waals surface area contributed by atoms with Crippen LogP contribution in [-0.2, 0) is 80.4 Å². The van der Waals surface area contributed by atoms with Crippen molar-refractivity contribution in [1.82, 2.24) is 24.9 Å². The molecule has 667 valence electrons. The number of esters is 2. The molecule has 0 aromatic heterocycles. The van der Waals surface area contributed by atoms with Crippen LogP contribution in [0, 0.1) is 47.3 Å². The SMILES string of the molecule is CC[C@@H](O)[C@@]1(C)OC(=O)N(CCCCN=[N+]=[N-])[C@@H]1[C@H](N)C1CC1.CC[C@@H](O)[C@@]1(C)OC(=O)N(CCCCN=[N+]=[N-])[C@@H]1[C@H](NC[C@H](C)C[C@@](C)(OC)[C@H](O[C@@H]1OC(C)CC(N(C)C)C1P=O)[C@@H](C)C1=C(C)C(=O)OC(C)(C)O1)C1CC1.CO[C@](C)(C[C@@H](C)C=O)[C@H](O[C@@H]1OC(C)CC(N(C)C)C1P=O)[C@@H](C)C1=C(C)C(=O)OC(C)(C)O1.[B].[C-]#N.[Na+]. The van der Waals surface area contributed by atoms with Crippen LogP contribution in [0.3, 0.4) is 0 Å². The van der Waals surface area contributed by atoms with Crippen LogP contribution in [0.5, 0.6) is 0 Å². The zero-order valence-electron chi connectivity index (χ0n) is 75.3. The molecular formula is C81H138BN13NaO21P2. The summed E-state index contributed by atoms with van der Waals surface area (Å²) in [6.45, 7) is 40.0. The number of nitrogens with one attached hydrogen (secondary N) is 1. The number of azide groups is 2. The van der Waals surface area contributed by atoms with Gasteiger partial charge in [0.25, 0.3) is 0 Å². The predicted octanol–water partition coefficient (Wildman–Crippen LogP) is 9.39. The van der Waals surface area contributed by atoms with Gasteiger partial charge in [0.05, 0.1) is 71.1 Å². The van der Waals surface area contributed by atoms with E-state index in [0.717, 1.165) is 32.0 Å². The monoisotopic (exact) mass is 1720 g/mol. The van der Waals surface area contributed by atoms with E-state index < -0.39 is 124 Å². The quantitative estimate of drug-likeness (QED) is 0.00422. The van der Waals surface area contributed by atoms with Gasteiger partial charge in [-0.25, -0.2) is 19.2 Å². The first-order chi connectivity index (χ1) is 54.9. The minimum absolute atomic E-state index is 0. The van der Waals surface area contributed by atoms with Crippen LogP contribution in [0.1, 0.15) is 215 Å². The summed E-state index contributed by atoms with van der Waals surface area (Å²) in [7, 11) is 10.8. The number of unbranched alkanes of at least 4 members (excludes halogenated alkanes) is 2. The second-order valence-corrected chi connectivity index (χ2v) is 36.8. The Morgan fingerprint density at radius 2 is 1.04 bits per heavy atom. The Morgan fingerprint density at radius 1 is 0.664 bits per heavy atom. The van der Waals surface area contributed by atoms with E-state index in [4.69, 9.17) is 85.5 Å². The number of amides is 2. The number of ether oxygens (including phenoxy) is 12. The van der Waals surface area contributed by atoms with Crippen LogP contribution in [0.25, 0.3) is 20.9 Å². The first kappa shape index (κ1) is 108. The molecule has 8 aliphatic rings. The summed E-state index contributed by atoms with van der Waals surface area (Å²) in [5, 5.41) is 38.9. The minimum Gasteiger partial charge on any atom is -0.512 e. The topological polar surface area (TPSA) is 443 Å². The first-order valence-electron chi connectivity index (χ1n) is 41.4. The van der Waals surface area contributed by atoms with Crippen LogP contribution in [0.4, 0.5) is 9.59 Å². The van der Waals surface area contributed by atoms with Gasteiger partial charge in [-0.3, -0.25) is 18.9 Å². The van der Waals surface area contributed by atoms with Gasteiger partial charge in [-0.1, -0.05) is 51.8 Å². The van der Waals surface area contributed by atoms with E-state index in [1.807, 2.05) is 102 Å². The largest absolute Gasteiger partial charge is 1.00 e. The summed E-state index contributed by atoms with van der Waals surface area (Å²) in [4.78, 5) is 76.1. The van der Waals surface area contributed by atoms with Gasteiger partial charge in [-0.05, 0) is 209 Å². The third-order valence-electron chi connectivity index (χ3n) is 24.4. The van der Waals surface area contributed by atoms with Gasteiger partial charge in [-0.2, -0.15) is 0 Å². The number of hydrogen-bond donors (Lipinski definition) is 4. The van der Waals surface area contributed by atoms with Crippen LogP contribution in [-0.4, -0.2) is 275 Å². The average Bonchev–Trinajstić information content (AvgIpc) is 1.71. The fourth-order valence-electron chi connectivity index (χ4n) is 17.7. The van der Waals surface area contributed by atoms with E-state index in [-0.39, 0.29) is 115 Å². The van der Waals surface area contributed by atoms with Gasteiger partial charge < -0.3 is 105 Å². The number of hydrogen-bond acceptors (Lipinski definition) is 28. The molecule has 38 heteroatoms. The fraction of sp³-hybridized carbons (Fsp3) is 0.877. The maximum atomic E-state index is 13.5. The Hall–Kier alpha value is -4.88. The van der Waals surface area contributed by atoms with E-state index in [9.17, 15) is 43.3 Å². The van der Waals surface area contributed by atoms with Crippen molar-refractivity contribution in [3.8, 4) is 0 Å². The molecule has 4 saturated heterocycles. The Morgan fingerprint density at radius 3 is 1.39 bits per heavy atom. The number of aliphatic hydroxyl groups is 2. The number of aliphatic hydroxyl groups excluding tert-OH is 2. The van der Waals surface area contributed by atoms with E-state index >= 15 is 0 Å². The average molecular weight is 1730 g/mol. The Labute approximate surface area is 733 Å². The van der Waals surface area contributed by atoms with Gasteiger partial charge in [0.15, 0.2) is 40.7 Å². The molecule has 119 heavy (non-hydrogen) atoms. The van der Waals surface area contributed by atoms with Crippen molar-refractivity contribution in [2.24, 2.45) is 51.5 Å². The Kier molecular flexibility index (Phi) is 43.7. The van der Waals surface area contributed by atoms with Crippen molar-refractivity contribution < 1.29 is 130 Å². The van der Waals surface area contributed by atoms with Crippen molar-refractivity contribution in [2.75, 3.05) is 75.1 Å². The summed E-state index contributed by atoms with van der Waals surface area (Å²) in [5.74, 6) is -3.05. The zero-order chi connectivity index (χ0) is 88.2. The molecule has 0 bridgehead atoms. The molecule has 6 unspecified atom stereocenters. The molecule has 34 nitrogen and oxygen atoms in total. The third-order valence-corrected chi connectivity index (χ3v) is 26.0. The summed E-state index contributed by atoms with van der Waals surface area (Å²) >= 11 is 0. The summed E-state index contributed by atoms with van der Waals surface area (Å²) in [6, 6.07) is -1.19. The number of nitrogens with zero attached hydrogens (tertiary/aromatic N) is 11. The molecule has 5 N–H and O–H groups in total. The fourth-order valence-corrected chi connectivity index (χ4v) is 19.2. The van der Waals surface area contributed by atoms with Gasteiger partial charge in [0, 0.05) is 128 Å². The number of cyclic esters (lactones) is 4. The molecule has 24 atom stereocenters. The molecule has 6 fully saturated rings. The van der Waals surface area contributed by atoms with Crippen molar-refractivity contribution in [3.05, 3.63) is 50.1 Å². The van der Waals surface area contributed by atoms with Crippen molar-refractivity contribution in [3.63, 3.8) is 0 Å². The second kappa shape index (κ2) is 48.0. The Bertz CT molecular complexity index is 3510. The maximum absolute atomic E-state index is 13.5. The van der Waals surface area contributed by atoms with Gasteiger partial charge in [-0.15, -0.1) is 0 Å². The maximum Gasteiger partial charge on any atom is 1.00 e. The normalized spacial score (nSPS) is 30.1. The Balaban J connectivity index is 0.000000501. The molecule has 2 amide bonds. The van der Waals surface area contributed by atoms with Gasteiger partial charge >= 0.3 is 53.7 Å². The van der Waals surface area contributed by atoms with Crippen LogP contribution < -0.4 is 40.6 Å². The molecule has 2 aliphatic carbocycles. The molecule has 6 aliphatic heterocycles. The molecule has 0 aromatic carbocycles. The van der Waals surface area contributed by atoms with Crippen LogP contribution in [0.15, 0.2) is 32.9 Å². The van der Waals surface area contributed by atoms with Gasteiger partial charge in [0.2, 0.25) is 11.6 Å². The molecule has 2 saturated carbocycles. The number of aldehydes is 1. The predicted molar refractivity (Wildman–Crippen MR) is 442 cm³/mol. The molecule has 0 spiro atoms. The molecule has 6 heterocycles. The standard InChI is InChI=1S/C40H69N6O10P.C25H42NO8P.C15H27N5O3.CN.B.Na/c1-13-29(47)40(9)33(46(37(49)56-40)19-15-14-18-43-44-41)30(27-16-17-27)42-22-23(2)21-39(8,51-12)34(25(4)31-26(5)35(48)55-38(6,7)54-31)53-36-32(57-50)28(45(10)11)20-24(3)52-36;1-14(13-27)12-25(7,30-10)21(16(3)19-17(4)22(28)34-24(5,6)33-19)32-23-20(35-29)18(26(8)9)11-15(2)31-23;1-3-11(21)15(2)13(12(16)10-6-7-10)20(14(22)23-15)9-5-4-8-18-19-17;1-2;;/h23-25,27-30,32-34,36,42,47H,13-22H2,1-12H3;13-16,18,20-21,23H,11-12H2,1-10H3;10-13,21H,3-9,16H2,1-2H3;;;/q;;;-1;;+1/t23-,24?,25+,28?,29-,30-,32?,33-,34-,36+,39-,40-;14-,15?,16+,18?,20?,21-,23+,25-;11-,12-,13-,15-;;;/m111.../s1. The molecular weight excluding hydrogens is 1590 g/mol. The summed E-state index contributed by atoms with van der Waals surface area (Å²) < 4.78 is 98.7. The smallest absolute Gasteiger partial charge is 0.512 e. The number of nitrogens with two attached hydrogens (primary N) is 1. The van der Waals surface area contributed by atoms with Crippen LogP contribution >= 0.6 is 16.9 Å². The first-order valence-corrected chi connectivity index (χ1v) is 43.2. The zero-order valence-corrected chi connectivity index (χ0v) is 79.1. The van der Waals surface area contributed by atoms with E-state index in [0.29, 0.717) is 126 Å².